The molecule has 1 aliphatic carbocycles. The van der Waals surface area contributed by atoms with Crippen molar-refractivity contribution >= 4 is 0 Å². The molecule has 0 radical (unpaired) electrons. The van der Waals surface area contributed by atoms with Gasteiger partial charge in [0.15, 0.2) is 0 Å². The average Bonchev–Trinajstić information content (AvgIpc) is 2.82. The molecular formula is C29H52O3. The summed E-state index contributed by atoms with van der Waals surface area (Å²) in [5, 5.41) is 32.7. The first-order valence-electron chi connectivity index (χ1n) is 13.2. The highest BCUT2D eigenvalue weighted by Crippen LogP contribution is 2.34. The minimum atomic E-state index is -0.744. The molecule has 0 spiro atoms. The summed E-state index contributed by atoms with van der Waals surface area (Å²) in [6, 6.07) is 0. The first kappa shape index (κ1) is 29.1. The average molecular weight is 449 g/mol. The van der Waals surface area contributed by atoms with Gasteiger partial charge in [-0.3, -0.25) is 0 Å². The summed E-state index contributed by atoms with van der Waals surface area (Å²) in [7, 11) is 0. The molecule has 32 heavy (non-hydrogen) atoms. The standard InChI is InChI=1S/C29H52O3/c1-8-12-26(19-20(5)9-2)22(7)29(32)27(30)18-17-24(11-4)21(6)28(31)25-15-13-23(10-3)14-16-25/h10,12,15,20-24,27-32H,3,8-9,11,13-14,16-19H2,1-2,4-7H3/b26-12+/t20?,21?,22-,23-,24+,27+,28?,29?/m1/s1. The Balaban J connectivity index is 2.68. The van der Waals surface area contributed by atoms with Crippen LogP contribution in [0.3, 0.4) is 0 Å². The van der Waals surface area contributed by atoms with Crippen molar-refractivity contribution in [1.82, 2.24) is 0 Å². The maximum Gasteiger partial charge on any atom is 0.0861 e. The van der Waals surface area contributed by atoms with E-state index in [1.165, 1.54) is 11.1 Å². The van der Waals surface area contributed by atoms with E-state index in [9.17, 15) is 15.3 Å². The molecule has 0 saturated heterocycles. The van der Waals surface area contributed by atoms with Crippen LogP contribution in [0.1, 0.15) is 99.3 Å². The molecule has 0 heterocycles. The number of aliphatic hydroxyl groups is 3. The van der Waals surface area contributed by atoms with Crippen molar-refractivity contribution < 1.29 is 15.3 Å². The van der Waals surface area contributed by atoms with Gasteiger partial charge in [0.1, 0.15) is 0 Å². The Labute approximate surface area is 198 Å². The van der Waals surface area contributed by atoms with Crippen molar-refractivity contribution in [2.45, 2.75) is 118 Å². The lowest BCUT2D eigenvalue weighted by Crippen LogP contribution is -2.35. The molecule has 1 rings (SSSR count). The Morgan fingerprint density at radius 2 is 1.78 bits per heavy atom. The monoisotopic (exact) mass is 448 g/mol. The topological polar surface area (TPSA) is 60.7 Å². The van der Waals surface area contributed by atoms with E-state index in [2.05, 4.69) is 53.3 Å². The van der Waals surface area contributed by atoms with Gasteiger partial charge in [-0.2, -0.15) is 0 Å². The fraction of sp³-hybridized carbons (Fsp3) is 0.793. The van der Waals surface area contributed by atoms with Crippen LogP contribution in [0.4, 0.5) is 0 Å². The lowest BCUT2D eigenvalue weighted by Gasteiger charge is -2.33. The smallest absolute Gasteiger partial charge is 0.0861 e. The van der Waals surface area contributed by atoms with Gasteiger partial charge in [-0.05, 0) is 74.2 Å². The highest BCUT2D eigenvalue weighted by atomic mass is 16.3. The molecule has 0 saturated carbocycles. The maximum absolute atomic E-state index is 11.0. The molecule has 186 valence electrons. The van der Waals surface area contributed by atoms with E-state index in [-0.39, 0.29) is 11.8 Å². The molecule has 3 heteroatoms. The van der Waals surface area contributed by atoms with Crippen LogP contribution in [-0.2, 0) is 0 Å². The van der Waals surface area contributed by atoms with Crippen LogP contribution in [0.25, 0.3) is 0 Å². The van der Waals surface area contributed by atoms with Crippen LogP contribution >= 0.6 is 0 Å². The van der Waals surface area contributed by atoms with Crippen molar-refractivity contribution in [3.63, 3.8) is 0 Å². The van der Waals surface area contributed by atoms with E-state index in [1.807, 2.05) is 13.0 Å². The first-order chi connectivity index (χ1) is 15.2. The van der Waals surface area contributed by atoms with Crippen molar-refractivity contribution in [1.29, 1.82) is 0 Å². The van der Waals surface area contributed by atoms with Gasteiger partial charge >= 0.3 is 0 Å². The van der Waals surface area contributed by atoms with Gasteiger partial charge in [0.05, 0.1) is 18.3 Å². The third-order valence-corrected chi connectivity index (χ3v) is 8.04. The van der Waals surface area contributed by atoms with E-state index in [4.69, 9.17) is 0 Å². The van der Waals surface area contributed by atoms with E-state index >= 15 is 0 Å². The summed E-state index contributed by atoms with van der Waals surface area (Å²) in [6.07, 6.45) is 13.0. The third-order valence-electron chi connectivity index (χ3n) is 8.04. The molecule has 0 aromatic carbocycles. The molecule has 0 aliphatic heterocycles. The zero-order chi connectivity index (χ0) is 24.3. The Hall–Kier alpha value is -0.900. The van der Waals surface area contributed by atoms with E-state index in [0.717, 1.165) is 51.4 Å². The molecule has 3 N–H and O–H groups in total. The summed E-state index contributed by atoms with van der Waals surface area (Å²) >= 11 is 0. The third kappa shape index (κ3) is 8.80. The number of hydrogen-bond donors (Lipinski definition) is 3. The van der Waals surface area contributed by atoms with Crippen LogP contribution in [0.2, 0.25) is 0 Å². The van der Waals surface area contributed by atoms with Crippen molar-refractivity contribution in [2.75, 3.05) is 0 Å². The fourth-order valence-electron chi connectivity index (χ4n) is 5.16. The number of rotatable bonds is 15. The minimum Gasteiger partial charge on any atom is -0.390 e. The van der Waals surface area contributed by atoms with E-state index in [1.54, 1.807) is 0 Å². The second-order valence-corrected chi connectivity index (χ2v) is 10.4. The lowest BCUT2D eigenvalue weighted by molar-refractivity contribution is -0.0151. The number of aliphatic hydroxyl groups excluding tert-OH is 3. The second kappa shape index (κ2) is 15.1. The van der Waals surface area contributed by atoms with E-state index < -0.39 is 18.3 Å². The zero-order valence-corrected chi connectivity index (χ0v) is 21.8. The van der Waals surface area contributed by atoms with Crippen LogP contribution < -0.4 is 0 Å². The van der Waals surface area contributed by atoms with Gasteiger partial charge in [0.2, 0.25) is 0 Å². The highest BCUT2D eigenvalue weighted by Gasteiger charge is 2.30. The van der Waals surface area contributed by atoms with Crippen molar-refractivity contribution in [2.24, 2.45) is 29.6 Å². The summed E-state index contributed by atoms with van der Waals surface area (Å²) in [5.41, 5.74) is 2.44. The van der Waals surface area contributed by atoms with E-state index in [0.29, 0.717) is 24.2 Å². The summed E-state index contributed by atoms with van der Waals surface area (Å²) < 4.78 is 0. The molecule has 0 aromatic rings. The normalized spacial score (nSPS) is 24.1. The van der Waals surface area contributed by atoms with Gasteiger partial charge in [-0.15, -0.1) is 6.58 Å². The summed E-state index contributed by atoms with van der Waals surface area (Å²) in [6.45, 7) is 16.8. The predicted octanol–water partition coefficient (Wildman–Crippen LogP) is 6.83. The SMILES string of the molecule is C=C[C@@H]1CC=C(C(O)C(C)[C@@H](CC)CC[C@H](O)C(O)[C@H](C)/C(=C/CC)CC(C)CC)CC1. The quantitative estimate of drug-likeness (QED) is 0.241. The molecule has 0 aromatic heterocycles. The molecule has 0 fully saturated rings. The van der Waals surface area contributed by atoms with Gasteiger partial charge in [-0.25, -0.2) is 0 Å². The number of allylic oxidation sites excluding steroid dienone is 3. The molecule has 0 bridgehead atoms. The molecule has 4 unspecified atom stereocenters. The first-order valence-corrected chi connectivity index (χ1v) is 13.2. The summed E-state index contributed by atoms with van der Waals surface area (Å²) in [5.74, 6) is 1.56. The minimum absolute atomic E-state index is 0.0350. The van der Waals surface area contributed by atoms with Crippen LogP contribution in [0.15, 0.2) is 36.0 Å². The van der Waals surface area contributed by atoms with Crippen molar-refractivity contribution in [3.05, 3.63) is 36.0 Å². The molecule has 3 nitrogen and oxygen atoms in total. The fourth-order valence-corrected chi connectivity index (χ4v) is 5.16. The predicted molar refractivity (Wildman–Crippen MR) is 137 cm³/mol. The summed E-state index contributed by atoms with van der Waals surface area (Å²) in [4.78, 5) is 0. The zero-order valence-electron chi connectivity index (χ0n) is 21.8. The Morgan fingerprint density at radius 1 is 1.09 bits per heavy atom. The van der Waals surface area contributed by atoms with Crippen molar-refractivity contribution in [3.8, 4) is 0 Å². The Morgan fingerprint density at radius 3 is 2.28 bits per heavy atom. The molecule has 8 atom stereocenters. The van der Waals surface area contributed by atoms with Gasteiger partial charge in [-0.1, -0.05) is 78.2 Å². The highest BCUT2D eigenvalue weighted by molar-refractivity contribution is 5.14. The maximum atomic E-state index is 11.0. The van der Waals surface area contributed by atoms with Gasteiger partial charge in [0.25, 0.3) is 0 Å². The molecule has 1 aliphatic rings. The lowest BCUT2D eigenvalue weighted by atomic mass is 9.77. The Bertz CT molecular complexity index is 593. The van der Waals surface area contributed by atoms with Crippen LogP contribution in [0, 0.1) is 29.6 Å². The van der Waals surface area contributed by atoms with Gasteiger partial charge < -0.3 is 15.3 Å². The Kier molecular flexibility index (Phi) is 13.7. The molecule has 0 amide bonds. The van der Waals surface area contributed by atoms with Crippen LogP contribution in [-0.4, -0.2) is 33.6 Å². The largest absolute Gasteiger partial charge is 0.390 e. The molecular weight excluding hydrogens is 396 g/mol. The number of hydrogen-bond acceptors (Lipinski definition) is 3. The second-order valence-electron chi connectivity index (χ2n) is 10.4. The van der Waals surface area contributed by atoms with Crippen LogP contribution in [0.5, 0.6) is 0 Å². The van der Waals surface area contributed by atoms with Gasteiger partial charge in [0, 0.05) is 5.92 Å².